The molecule has 0 unspecified atom stereocenters. The number of rotatable bonds is 9. The van der Waals surface area contributed by atoms with Crippen LogP contribution >= 0.6 is 23.5 Å². The fraction of sp³-hybridized carbons (Fsp3) is 0.172. The van der Waals surface area contributed by atoms with Crippen molar-refractivity contribution < 1.29 is 4.79 Å². The lowest BCUT2D eigenvalue weighted by Gasteiger charge is -2.36. The maximum atomic E-state index is 13.1. The molecule has 0 atom stereocenters. The van der Waals surface area contributed by atoms with Gasteiger partial charge in [-0.15, -0.1) is 0 Å². The van der Waals surface area contributed by atoms with Crippen molar-refractivity contribution in [3.05, 3.63) is 126 Å². The number of allylic oxidation sites excluding steroid dienone is 3. The molecule has 1 aromatic heterocycles. The molecule has 36 heavy (non-hydrogen) atoms. The van der Waals surface area contributed by atoms with Crippen LogP contribution in [0.4, 0.5) is 5.69 Å². The lowest BCUT2D eigenvalue weighted by atomic mass is 10.2. The number of hydrogen-bond donors (Lipinski definition) is 0. The summed E-state index contributed by atoms with van der Waals surface area (Å²) in [6.45, 7) is 11.1. The highest BCUT2D eigenvalue weighted by molar-refractivity contribution is 8.00. The predicted molar refractivity (Wildman–Crippen MR) is 150 cm³/mol. The zero-order chi connectivity index (χ0) is 25.3. The van der Waals surface area contributed by atoms with Crippen LogP contribution in [0.2, 0.25) is 5.02 Å². The highest BCUT2D eigenvalue weighted by Gasteiger charge is 2.23. The summed E-state index contributed by atoms with van der Waals surface area (Å²) in [6.07, 6.45) is 7.29. The summed E-state index contributed by atoms with van der Waals surface area (Å²) in [5.74, 6) is -0.0472. The van der Waals surface area contributed by atoms with Gasteiger partial charge in [0.05, 0.1) is 18.4 Å². The molecule has 0 spiro atoms. The largest absolute Gasteiger partial charge is 0.368 e. The second-order valence-electron chi connectivity index (χ2n) is 8.28. The van der Waals surface area contributed by atoms with Crippen molar-refractivity contribution in [1.82, 2.24) is 14.8 Å². The van der Waals surface area contributed by atoms with E-state index in [-0.39, 0.29) is 5.91 Å². The normalized spacial score (nSPS) is 13.9. The molecule has 0 radical (unpaired) electrons. The van der Waals surface area contributed by atoms with Gasteiger partial charge >= 0.3 is 0 Å². The maximum Gasteiger partial charge on any atom is 0.272 e. The van der Waals surface area contributed by atoms with Crippen LogP contribution in [-0.2, 0) is 6.54 Å². The molecule has 0 saturated carbocycles. The SMILES string of the molecule is C=C/C=C(\C=C)N1CCN(C(=O)c2ccc(N(Cc3ccc(Cl)cc3)Sc3ccccc3)cn2)CC1. The molecule has 4 rings (SSSR count). The lowest BCUT2D eigenvalue weighted by molar-refractivity contribution is 0.0667. The molecule has 7 heteroatoms. The molecule has 2 heterocycles. The highest BCUT2D eigenvalue weighted by atomic mass is 35.5. The standard InChI is InChI=1S/C29H29ClN4OS/c1-3-8-25(4-2)32-17-19-33(20-18-32)29(35)28-16-15-26(21-31-28)34(36-27-9-6-5-7-10-27)22-23-11-13-24(30)14-12-23/h3-16,21H,1-2,17-20,22H2/b25-8+. The van der Waals surface area contributed by atoms with Crippen molar-refractivity contribution in [3.63, 3.8) is 0 Å². The Balaban J connectivity index is 1.46. The second kappa shape index (κ2) is 12.5. The van der Waals surface area contributed by atoms with E-state index in [4.69, 9.17) is 11.6 Å². The Morgan fingerprint density at radius 1 is 0.972 bits per heavy atom. The van der Waals surface area contributed by atoms with Crippen molar-refractivity contribution in [2.45, 2.75) is 11.4 Å². The summed E-state index contributed by atoms with van der Waals surface area (Å²) in [5, 5.41) is 0.712. The number of hydrogen-bond acceptors (Lipinski definition) is 5. The number of aromatic nitrogens is 1. The van der Waals surface area contributed by atoms with Crippen LogP contribution in [0.1, 0.15) is 16.1 Å². The van der Waals surface area contributed by atoms with Crippen LogP contribution < -0.4 is 4.31 Å². The Labute approximate surface area is 222 Å². The van der Waals surface area contributed by atoms with Gasteiger partial charge in [0.15, 0.2) is 0 Å². The first-order valence-corrected chi connectivity index (χ1v) is 12.9. The average molecular weight is 517 g/mol. The van der Waals surface area contributed by atoms with Crippen LogP contribution in [0.5, 0.6) is 0 Å². The van der Waals surface area contributed by atoms with E-state index in [2.05, 4.69) is 39.5 Å². The third-order valence-corrected chi connectivity index (χ3v) is 7.18. The van der Waals surface area contributed by atoms with E-state index in [9.17, 15) is 4.79 Å². The Bertz CT molecular complexity index is 1200. The van der Waals surface area contributed by atoms with Crippen molar-refractivity contribution in [3.8, 4) is 0 Å². The first kappa shape index (κ1) is 25.6. The molecule has 1 aliphatic heterocycles. The molecule has 184 valence electrons. The molecule has 0 aliphatic carbocycles. The summed E-state index contributed by atoms with van der Waals surface area (Å²) in [4.78, 5) is 22.9. The minimum atomic E-state index is -0.0472. The van der Waals surface area contributed by atoms with Gasteiger partial charge in [-0.3, -0.25) is 4.79 Å². The number of benzene rings is 2. The van der Waals surface area contributed by atoms with E-state index in [1.165, 1.54) is 0 Å². The second-order valence-corrected chi connectivity index (χ2v) is 9.81. The lowest BCUT2D eigenvalue weighted by Crippen LogP contribution is -2.48. The van der Waals surface area contributed by atoms with Gasteiger partial charge in [-0.2, -0.15) is 0 Å². The first-order valence-electron chi connectivity index (χ1n) is 11.8. The van der Waals surface area contributed by atoms with Gasteiger partial charge < -0.3 is 14.1 Å². The number of carbonyl (C=O) groups excluding carboxylic acids is 1. The van der Waals surface area contributed by atoms with Gasteiger partial charge in [0.2, 0.25) is 0 Å². The van der Waals surface area contributed by atoms with E-state index in [1.54, 1.807) is 24.2 Å². The third kappa shape index (κ3) is 6.59. The Morgan fingerprint density at radius 2 is 1.67 bits per heavy atom. The quantitative estimate of drug-likeness (QED) is 0.241. The Hall–Kier alpha value is -3.48. The Morgan fingerprint density at radius 3 is 2.28 bits per heavy atom. The highest BCUT2D eigenvalue weighted by Crippen LogP contribution is 2.31. The number of piperazine rings is 1. The Kier molecular flexibility index (Phi) is 8.87. The summed E-state index contributed by atoms with van der Waals surface area (Å²) in [5.41, 5.74) is 3.53. The van der Waals surface area contributed by atoms with Crippen molar-refractivity contribution in [2.24, 2.45) is 0 Å². The average Bonchev–Trinajstić information content (AvgIpc) is 2.93. The molecule has 3 aromatic rings. The molecular formula is C29H29ClN4OS. The van der Waals surface area contributed by atoms with Gasteiger partial charge in [0.25, 0.3) is 5.91 Å². The minimum absolute atomic E-state index is 0.0472. The van der Waals surface area contributed by atoms with E-state index in [0.29, 0.717) is 30.4 Å². The van der Waals surface area contributed by atoms with E-state index >= 15 is 0 Å². The maximum absolute atomic E-state index is 13.1. The van der Waals surface area contributed by atoms with Gasteiger partial charge in [-0.25, -0.2) is 4.98 Å². The molecular weight excluding hydrogens is 488 g/mol. The number of nitrogens with zero attached hydrogens (tertiary/aromatic N) is 4. The number of halogens is 1. The van der Waals surface area contributed by atoms with Gasteiger partial charge in [-0.05, 0) is 66.1 Å². The van der Waals surface area contributed by atoms with E-state index in [1.807, 2.05) is 71.6 Å². The van der Waals surface area contributed by atoms with Crippen molar-refractivity contribution in [2.75, 3.05) is 30.5 Å². The molecule has 1 amide bonds. The molecule has 0 N–H and O–H groups in total. The summed E-state index contributed by atoms with van der Waals surface area (Å²) >= 11 is 7.70. The number of amides is 1. The van der Waals surface area contributed by atoms with E-state index in [0.717, 1.165) is 34.9 Å². The smallest absolute Gasteiger partial charge is 0.272 e. The zero-order valence-corrected chi connectivity index (χ0v) is 21.7. The molecule has 2 aromatic carbocycles. The third-order valence-electron chi connectivity index (χ3n) is 5.88. The first-order chi connectivity index (χ1) is 17.6. The molecule has 1 aliphatic rings. The molecule has 1 saturated heterocycles. The molecule has 1 fully saturated rings. The van der Waals surface area contributed by atoms with Gasteiger partial charge in [0.1, 0.15) is 5.69 Å². The number of carbonyl (C=O) groups is 1. The predicted octanol–water partition coefficient (Wildman–Crippen LogP) is 6.46. The van der Waals surface area contributed by atoms with Gasteiger partial charge in [-0.1, -0.05) is 61.2 Å². The van der Waals surface area contributed by atoms with Crippen LogP contribution in [0.15, 0.2) is 115 Å². The fourth-order valence-electron chi connectivity index (χ4n) is 3.95. The van der Waals surface area contributed by atoms with Crippen molar-refractivity contribution >= 4 is 35.1 Å². The summed E-state index contributed by atoms with van der Waals surface area (Å²) < 4.78 is 2.17. The zero-order valence-electron chi connectivity index (χ0n) is 20.1. The minimum Gasteiger partial charge on any atom is -0.368 e. The topological polar surface area (TPSA) is 39.7 Å². The summed E-state index contributed by atoms with van der Waals surface area (Å²) in [6, 6.07) is 21.8. The van der Waals surface area contributed by atoms with Crippen LogP contribution in [-0.4, -0.2) is 46.9 Å². The summed E-state index contributed by atoms with van der Waals surface area (Å²) in [7, 11) is 0. The number of anilines is 1. The van der Waals surface area contributed by atoms with Crippen molar-refractivity contribution in [1.29, 1.82) is 0 Å². The van der Waals surface area contributed by atoms with Crippen LogP contribution in [0.25, 0.3) is 0 Å². The fourth-order valence-corrected chi connectivity index (χ4v) is 5.04. The molecule has 0 bridgehead atoms. The van der Waals surface area contributed by atoms with Crippen LogP contribution in [0.3, 0.4) is 0 Å². The van der Waals surface area contributed by atoms with Gasteiger partial charge in [0, 0.05) is 41.8 Å². The van der Waals surface area contributed by atoms with Crippen LogP contribution in [0, 0.1) is 0 Å². The monoisotopic (exact) mass is 516 g/mol. The number of pyridine rings is 1. The van der Waals surface area contributed by atoms with E-state index < -0.39 is 0 Å². The molecule has 5 nitrogen and oxygen atoms in total.